The highest BCUT2D eigenvalue weighted by Gasteiger charge is 2.11. The van der Waals surface area contributed by atoms with E-state index in [1.807, 2.05) is 0 Å². The van der Waals surface area contributed by atoms with Gasteiger partial charge in [0.25, 0.3) is 0 Å². The Morgan fingerprint density at radius 1 is 1.73 bits per heavy atom. The van der Waals surface area contributed by atoms with Crippen molar-refractivity contribution in [2.24, 2.45) is 0 Å². The zero-order valence-electron chi connectivity index (χ0n) is 6.44. The number of hydrogen-bond donors (Lipinski definition) is 0. The Morgan fingerprint density at radius 2 is 2.27 bits per heavy atom. The number of carbonyl (C=O) groups excluding carboxylic acids is 1. The molecule has 0 N–H and O–H groups in total. The Balaban J connectivity index is 3.70. The van der Waals surface area contributed by atoms with Gasteiger partial charge >= 0.3 is 5.97 Å². The zero-order chi connectivity index (χ0) is 8.85. The van der Waals surface area contributed by atoms with Gasteiger partial charge in [-0.1, -0.05) is 5.01 Å². The van der Waals surface area contributed by atoms with Crippen molar-refractivity contribution in [3.63, 3.8) is 0 Å². The van der Waals surface area contributed by atoms with Crippen LogP contribution >= 0.6 is 0 Å². The molecule has 0 amide bonds. The summed E-state index contributed by atoms with van der Waals surface area (Å²) in [5.74, 6) is -0.523. The maximum atomic E-state index is 10.2. The van der Waals surface area contributed by atoms with Gasteiger partial charge in [0, 0.05) is 6.92 Å². The van der Waals surface area contributed by atoms with Gasteiger partial charge in [0.1, 0.15) is 0 Å². The molecular formula is C5H10N2O4. The lowest BCUT2D eigenvalue weighted by molar-refractivity contribution is -0.662. The fourth-order valence-corrected chi connectivity index (χ4v) is 0.419. The molecule has 0 heterocycles. The van der Waals surface area contributed by atoms with Crippen LogP contribution in [0.4, 0.5) is 0 Å². The summed E-state index contributed by atoms with van der Waals surface area (Å²) in [6, 6.07) is 0. The van der Waals surface area contributed by atoms with Crippen molar-refractivity contribution in [1.29, 1.82) is 0 Å². The predicted octanol–water partition coefficient (Wildman–Crippen LogP) is 0.0206. The molecular weight excluding hydrogens is 152 g/mol. The molecule has 0 rings (SSSR count). The summed E-state index contributed by atoms with van der Waals surface area (Å²) in [4.78, 5) is 20.3. The number of esters is 1. The third-order valence-electron chi connectivity index (χ3n) is 1.01. The fourth-order valence-electron chi connectivity index (χ4n) is 0.419. The van der Waals surface area contributed by atoms with Crippen LogP contribution in [0.2, 0.25) is 0 Å². The first kappa shape index (κ1) is 9.67. The molecule has 0 radical (unpaired) electrons. The maximum absolute atomic E-state index is 10.2. The van der Waals surface area contributed by atoms with Crippen molar-refractivity contribution in [2.45, 2.75) is 13.8 Å². The van der Waals surface area contributed by atoms with E-state index in [4.69, 9.17) is 0 Å². The van der Waals surface area contributed by atoms with Gasteiger partial charge in [-0.2, -0.15) is 0 Å². The predicted molar refractivity (Wildman–Crippen MR) is 36.0 cm³/mol. The molecule has 0 unspecified atom stereocenters. The van der Waals surface area contributed by atoms with E-state index in [2.05, 4.69) is 4.74 Å². The molecule has 0 aliphatic rings. The average Bonchev–Trinajstić information content (AvgIpc) is 1.87. The lowest BCUT2D eigenvalue weighted by atomic mass is 10.7. The van der Waals surface area contributed by atoms with E-state index >= 15 is 0 Å². The van der Waals surface area contributed by atoms with Gasteiger partial charge in [0.15, 0.2) is 5.03 Å². The minimum Gasteiger partial charge on any atom is -0.439 e. The number of nitrogens with zero attached hydrogens (tertiary/aromatic N) is 2. The van der Waals surface area contributed by atoms with Crippen LogP contribution in [0.1, 0.15) is 13.8 Å². The summed E-state index contributed by atoms with van der Waals surface area (Å²) in [6.07, 6.45) is 0. The minimum atomic E-state index is -0.608. The van der Waals surface area contributed by atoms with Crippen molar-refractivity contribution < 1.29 is 14.6 Å². The largest absolute Gasteiger partial charge is 0.439 e. The van der Waals surface area contributed by atoms with Gasteiger partial charge in [-0.3, -0.25) is 4.79 Å². The van der Waals surface area contributed by atoms with Gasteiger partial charge in [-0.25, -0.2) is 10.1 Å². The Kier molecular flexibility index (Phi) is 3.94. The zero-order valence-corrected chi connectivity index (χ0v) is 6.44. The second-order valence-electron chi connectivity index (χ2n) is 1.83. The molecule has 0 fully saturated rings. The Morgan fingerprint density at radius 3 is 2.55 bits per heavy atom. The van der Waals surface area contributed by atoms with Gasteiger partial charge in [0.2, 0.25) is 6.73 Å². The second kappa shape index (κ2) is 4.48. The molecule has 0 aromatic heterocycles. The SMILES string of the molecule is CCN(COC(C)=O)[N+](=O)[O-]. The molecule has 0 saturated carbocycles. The normalized spacial score (nSPS) is 8.91. The first-order chi connectivity index (χ1) is 5.07. The highest BCUT2D eigenvalue weighted by atomic mass is 16.7. The number of hydrazine groups is 1. The summed E-state index contributed by atoms with van der Waals surface area (Å²) in [7, 11) is 0. The Hall–Kier alpha value is -1.33. The van der Waals surface area contributed by atoms with Gasteiger partial charge < -0.3 is 4.74 Å². The number of rotatable bonds is 4. The molecule has 0 atom stereocenters. The standard InChI is InChI=1S/C5H10N2O4/c1-3-6(7(9)10)4-11-5(2)8/h3-4H2,1-2H3. The van der Waals surface area contributed by atoms with Crippen molar-refractivity contribution in [3.8, 4) is 0 Å². The van der Waals surface area contributed by atoms with Crippen LogP contribution in [0.3, 0.4) is 0 Å². The number of hydrogen-bond acceptors (Lipinski definition) is 4. The lowest BCUT2D eigenvalue weighted by Gasteiger charge is -2.10. The summed E-state index contributed by atoms with van der Waals surface area (Å²) in [5.41, 5.74) is 0. The third kappa shape index (κ3) is 4.12. The smallest absolute Gasteiger partial charge is 0.304 e. The first-order valence-corrected chi connectivity index (χ1v) is 3.10. The van der Waals surface area contributed by atoms with Crippen molar-refractivity contribution in [1.82, 2.24) is 5.01 Å². The van der Waals surface area contributed by atoms with Crippen LogP contribution in [0.25, 0.3) is 0 Å². The number of nitro groups is 1. The third-order valence-corrected chi connectivity index (χ3v) is 1.01. The molecule has 0 bridgehead atoms. The van der Waals surface area contributed by atoms with Crippen LogP contribution in [0.15, 0.2) is 0 Å². The second-order valence-corrected chi connectivity index (χ2v) is 1.83. The molecule has 0 saturated heterocycles. The van der Waals surface area contributed by atoms with E-state index in [9.17, 15) is 14.9 Å². The van der Waals surface area contributed by atoms with E-state index in [0.717, 1.165) is 5.01 Å². The molecule has 0 aromatic carbocycles. The Labute approximate surface area is 63.9 Å². The maximum Gasteiger partial charge on any atom is 0.304 e. The summed E-state index contributed by atoms with van der Waals surface area (Å²) >= 11 is 0. The van der Waals surface area contributed by atoms with Crippen LogP contribution in [-0.4, -0.2) is 29.3 Å². The highest BCUT2D eigenvalue weighted by Crippen LogP contribution is 1.88. The molecule has 64 valence electrons. The average molecular weight is 162 g/mol. The highest BCUT2D eigenvalue weighted by molar-refractivity contribution is 5.65. The van der Waals surface area contributed by atoms with Crippen LogP contribution in [0, 0.1) is 10.1 Å². The van der Waals surface area contributed by atoms with Crippen LogP contribution in [0.5, 0.6) is 0 Å². The molecule has 0 spiro atoms. The molecule has 11 heavy (non-hydrogen) atoms. The topological polar surface area (TPSA) is 72.7 Å². The lowest BCUT2D eigenvalue weighted by Crippen LogP contribution is -2.32. The van der Waals surface area contributed by atoms with Crippen LogP contribution < -0.4 is 0 Å². The van der Waals surface area contributed by atoms with E-state index in [1.165, 1.54) is 6.92 Å². The summed E-state index contributed by atoms with van der Waals surface area (Å²) in [5, 5.41) is 10.3. The van der Waals surface area contributed by atoms with E-state index in [1.54, 1.807) is 6.92 Å². The van der Waals surface area contributed by atoms with E-state index in [0.29, 0.717) is 0 Å². The monoisotopic (exact) mass is 162 g/mol. The molecule has 6 heteroatoms. The van der Waals surface area contributed by atoms with Gasteiger partial charge in [0.05, 0.1) is 6.54 Å². The van der Waals surface area contributed by atoms with Crippen LogP contribution in [-0.2, 0) is 9.53 Å². The fraction of sp³-hybridized carbons (Fsp3) is 0.800. The van der Waals surface area contributed by atoms with Gasteiger partial charge in [-0.15, -0.1) is 0 Å². The molecule has 0 aliphatic carbocycles. The molecule has 0 aliphatic heterocycles. The van der Waals surface area contributed by atoms with Crippen molar-refractivity contribution in [2.75, 3.05) is 13.3 Å². The molecule has 0 aromatic rings. The Bertz CT molecular complexity index is 159. The minimum absolute atomic E-state index is 0.209. The van der Waals surface area contributed by atoms with Crippen molar-refractivity contribution >= 4 is 5.97 Å². The van der Waals surface area contributed by atoms with E-state index in [-0.39, 0.29) is 13.3 Å². The number of ether oxygens (including phenoxy) is 1. The summed E-state index contributed by atoms with van der Waals surface area (Å²) in [6.45, 7) is 2.72. The van der Waals surface area contributed by atoms with Crippen molar-refractivity contribution in [3.05, 3.63) is 10.1 Å². The van der Waals surface area contributed by atoms with Gasteiger partial charge in [-0.05, 0) is 6.92 Å². The number of carbonyl (C=O) groups is 1. The quantitative estimate of drug-likeness (QED) is 0.252. The molecule has 6 nitrogen and oxygen atoms in total. The first-order valence-electron chi connectivity index (χ1n) is 3.10. The summed E-state index contributed by atoms with van der Waals surface area (Å²) < 4.78 is 4.40. The van der Waals surface area contributed by atoms with E-state index < -0.39 is 11.0 Å².